The van der Waals surface area contributed by atoms with E-state index >= 15 is 0 Å². The maximum absolute atomic E-state index is 2.32. The first-order valence-corrected chi connectivity index (χ1v) is 8.72. The second-order valence-corrected chi connectivity index (χ2v) is 7.48. The zero-order valence-corrected chi connectivity index (χ0v) is 15.7. The molecule has 1 aromatic rings. The van der Waals surface area contributed by atoms with E-state index in [4.69, 9.17) is 0 Å². The van der Waals surface area contributed by atoms with E-state index in [1.165, 1.54) is 27.8 Å². The second kappa shape index (κ2) is 9.76. The summed E-state index contributed by atoms with van der Waals surface area (Å²) in [6, 6.07) is 2.32. The minimum atomic E-state index is 0. The number of fused-ring (bicyclic) bond motifs is 2. The lowest BCUT2D eigenvalue weighted by Crippen LogP contribution is -2.00. The third kappa shape index (κ3) is 5.59. The molecule has 0 N–H and O–H groups in total. The normalized spacial score (nSPS) is 16.9. The molecule has 0 saturated carbocycles. The Labute approximate surface area is 164 Å². The van der Waals surface area contributed by atoms with Crippen molar-refractivity contribution in [1.29, 1.82) is 0 Å². The molecule has 0 radical (unpaired) electrons. The molecule has 0 aliphatic heterocycles. The van der Waals surface area contributed by atoms with Crippen molar-refractivity contribution in [2.45, 2.75) is 70.7 Å². The van der Waals surface area contributed by atoms with Gasteiger partial charge in [-0.15, -0.1) is 0 Å². The Bertz CT molecular complexity index is 646. The maximum atomic E-state index is 2.32. The summed E-state index contributed by atoms with van der Waals surface area (Å²) in [6.07, 6.45) is 18.3. The molecule has 2 aliphatic rings. The fourth-order valence-electron chi connectivity index (χ4n) is 2.94. The Morgan fingerprint density at radius 3 is 1.23 bits per heavy atom. The summed E-state index contributed by atoms with van der Waals surface area (Å²) in [5.41, 5.74) is 6.98. The van der Waals surface area contributed by atoms with Crippen molar-refractivity contribution in [3.8, 4) is 0 Å². The van der Waals surface area contributed by atoms with Gasteiger partial charge in [-0.3, -0.25) is 0 Å². The predicted octanol–water partition coefficient (Wildman–Crippen LogP) is 9.06. The van der Waals surface area contributed by atoms with Gasteiger partial charge in [-0.2, -0.15) is 0 Å². The van der Waals surface area contributed by atoms with E-state index in [2.05, 4.69) is 89.3 Å². The van der Waals surface area contributed by atoms with Crippen LogP contribution in [-0.2, 0) is 0 Å². The van der Waals surface area contributed by atoms with Crippen LogP contribution in [0.5, 0.6) is 0 Å². The summed E-state index contributed by atoms with van der Waals surface area (Å²) in [6.45, 7) is 15.2. The van der Waals surface area contributed by atoms with Crippen LogP contribution < -0.4 is 0 Å². The summed E-state index contributed by atoms with van der Waals surface area (Å²) in [7, 11) is 0. The Kier molecular flexibility index (Phi) is 9.91. The molecule has 1 aromatic carbocycles. The molecule has 0 saturated heterocycles. The van der Waals surface area contributed by atoms with Crippen molar-refractivity contribution in [2.24, 2.45) is 10.8 Å². The van der Waals surface area contributed by atoms with Crippen LogP contribution in [0, 0.1) is 17.8 Å². The minimum Gasteiger partial charge on any atom is -0.0776 e. The summed E-state index contributed by atoms with van der Waals surface area (Å²) in [4.78, 5) is 0. The Balaban J connectivity index is 0. The number of hydrogen-bond acceptors (Lipinski definition) is 0. The summed E-state index contributed by atoms with van der Waals surface area (Å²) >= 11 is 0. The van der Waals surface area contributed by atoms with Crippen LogP contribution >= 0.6 is 0 Å². The van der Waals surface area contributed by atoms with E-state index in [9.17, 15) is 0 Å². The van der Waals surface area contributed by atoms with Gasteiger partial charge in [-0.25, -0.2) is 0 Å². The smallest absolute Gasteiger partial charge is 0.00111 e. The average molecular weight is 355 g/mol. The van der Waals surface area contributed by atoms with E-state index in [0.717, 1.165) is 0 Å². The molecule has 0 fully saturated rings. The van der Waals surface area contributed by atoms with Gasteiger partial charge in [-0.1, -0.05) is 112 Å². The van der Waals surface area contributed by atoms with Gasteiger partial charge in [-0.05, 0) is 40.8 Å². The highest BCUT2D eigenvalue weighted by molar-refractivity contribution is 5.81. The third-order valence-electron chi connectivity index (χ3n) is 4.49. The van der Waals surface area contributed by atoms with Crippen LogP contribution in [-0.4, -0.2) is 0 Å². The van der Waals surface area contributed by atoms with E-state index in [1.54, 1.807) is 0 Å². The van der Waals surface area contributed by atoms with Crippen molar-refractivity contribution in [3.05, 3.63) is 58.2 Å². The monoisotopic (exact) mass is 354 g/mol. The third-order valence-corrected chi connectivity index (χ3v) is 4.49. The van der Waals surface area contributed by atoms with Crippen LogP contribution in [0.3, 0.4) is 0 Å². The fraction of sp³-hybridized carbons (Fsp3) is 0.462. The highest BCUT2D eigenvalue weighted by atomic mass is 14.2. The van der Waals surface area contributed by atoms with Gasteiger partial charge in [0, 0.05) is 10.8 Å². The van der Waals surface area contributed by atoms with Gasteiger partial charge in [0.15, 0.2) is 0 Å². The molecule has 2 aliphatic carbocycles. The summed E-state index contributed by atoms with van der Waals surface area (Å²) < 4.78 is 0. The summed E-state index contributed by atoms with van der Waals surface area (Å²) in [5, 5.41) is 0. The van der Waals surface area contributed by atoms with Crippen molar-refractivity contribution < 1.29 is 0 Å². The van der Waals surface area contributed by atoms with Crippen molar-refractivity contribution in [2.75, 3.05) is 0 Å². The first-order valence-electron chi connectivity index (χ1n) is 8.72. The molecular weight excluding hydrogens is 312 g/mol. The van der Waals surface area contributed by atoms with Gasteiger partial charge < -0.3 is 0 Å². The lowest BCUT2D eigenvalue weighted by molar-refractivity contribution is 0.633. The fourth-order valence-corrected chi connectivity index (χ4v) is 2.94. The SMILES string of the molecule is C.C.C.CC.Cc1c2c(cc3c1C=CC(C)(C)C=C3)C=CC(C)(C)C=C2. The average Bonchev–Trinajstić information content (AvgIpc) is 2.75. The van der Waals surface area contributed by atoms with Gasteiger partial charge >= 0.3 is 0 Å². The number of hydrogen-bond donors (Lipinski definition) is 0. The number of benzene rings is 1. The van der Waals surface area contributed by atoms with Gasteiger partial charge in [0.1, 0.15) is 0 Å². The maximum Gasteiger partial charge on any atom is 0.00111 e. The Hall–Kier alpha value is -1.82. The van der Waals surface area contributed by atoms with Crippen molar-refractivity contribution in [1.82, 2.24) is 0 Å². The molecule has 146 valence electrons. The van der Waals surface area contributed by atoms with E-state index in [0.29, 0.717) is 0 Å². The highest BCUT2D eigenvalue weighted by Gasteiger charge is 2.18. The molecule has 0 aromatic heterocycles. The topological polar surface area (TPSA) is 0 Å². The zero-order chi connectivity index (χ0) is 17.3. The molecule has 0 atom stereocenters. The largest absolute Gasteiger partial charge is 0.0776 e. The van der Waals surface area contributed by atoms with Crippen molar-refractivity contribution in [3.63, 3.8) is 0 Å². The summed E-state index contributed by atoms with van der Waals surface area (Å²) in [5.74, 6) is 0. The molecule has 0 nitrogen and oxygen atoms in total. The van der Waals surface area contributed by atoms with Gasteiger partial charge in [0.25, 0.3) is 0 Å². The molecule has 0 heterocycles. The zero-order valence-electron chi connectivity index (χ0n) is 15.7. The van der Waals surface area contributed by atoms with Crippen LogP contribution in [0.4, 0.5) is 0 Å². The van der Waals surface area contributed by atoms with Crippen LogP contribution in [0.1, 0.15) is 91.6 Å². The lowest BCUT2D eigenvalue weighted by Gasteiger charge is -2.13. The minimum absolute atomic E-state index is 0. The van der Waals surface area contributed by atoms with E-state index < -0.39 is 0 Å². The molecule has 0 amide bonds. The molecule has 0 unspecified atom stereocenters. The highest BCUT2D eigenvalue weighted by Crippen LogP contribution is 2.35. The number of rotatable bonds is 0. The molecule has 26 heavy (non-hydrogen) atoms. The van der Waals surface area contributed by atoms with Gasteiger partial charge in [0.2, 0.25) is 0 Å². The number of allylic oxidation sites excluding steroid dienone is 4. The standard InChI is InChI=1S/C21H24.C2H6.3CH4/c1-15-18-8-12-20(2,3)10-6-16(18)14-17-7-11-21(4,5)13-9-19(15)17;1-2;;;/h6-14H,1-5H3;1-2H3;3*1H4. The molecule has 0 bridgehead atoms. The van der Waals surface area contributed by atoms with Gasteiger partial charge in [0.05, 0.1) is 0 Å². The predicted molar refractivity (Wildman–Crippen MR) is 126 cm³/mol. The van der Waals surface area contributed by atoms with Crippen LogP contribution in [0.25, 0.3) is 24.3 Å². The first kappa shape index (κ1) is 26.4. The van der Waals surface area contributed by atoms with Crippen molar-refractivity contribution >= 4 is 24.3 Å². The van der Waals surface area contributed by atoms with E-state index in [-0.39, 0.29) is 33.1 Å². The Morgan fingerprint density at radius 2 is 0.885 bits per heavy atom. The van der Waals surface area contributed by atoms with Crippen LogP contribution in [0.15, 0.2) is 30.4 Å². The molecule has 0 heteroatoms. The quantitative estimate of drug-likeness (QED) is 0.436. The Morgan fingerprint density at radius 1 is 0.577 bits per heavy atom. The molecule has 0 spiro atoms. The second-order valence-electron chi connectivity index (χ2n) is 7.48. The lowest BCUT2D eigenvalue weighted by atomic mass is 9.92. The van der Waals surface area contributed by atoms with E-state index in [1.807, 2.05) is 13.8 Å². The molecular formula is C26H42. The van der Waals surface area contributed by atoms with Crippen LogP contribution in [0.2, 0.25) is 0 Å². The molecule has 3 rings (SSSR count). The first-order chi connectivity index (χ1) is 10.8.